The third-order valence-corrected chi connectivity index (χ3v) is 5.59. The van der Waals surface area contributed by atoms with Crippen LogP contribution >= 0.6 is 0 Å². The number of halogens is 2. The molecular weight excluding hydrogens is 322 g/mol. The Hall–Kier alpha value is -1.34. The molecule has 0 aromatic heterocycles. The topological polar surface area (TPSA) is 49.4 Å². The summed E-state index contributed by atoms with van der Waals surface area (Å²) in [6.45, 7) is 6.17. The van der Waals surface area contributed by atoms with Crippen LogP contribution in [-0.4, -0.2) is 31.8 Å². The minimum atomic E-state index is -1.30. The van der Waals surface area contributed by atoms with Crippen LogP contribution in [0.15, 0.2) is 18.2 Å². The average Bonchev–Trinajstić information content (AvgIpc) is 2.49. The van der Waals surface area contributed by atoms with Gasteiger partial charge in [-0.2, -0.15) is 0 Å². The van der Waals surface area contributed by atoms with Crippen LogP contribution in [0.3, 0.4) is 0 Å². The van der Waals surface area contributed by atoms with Gasteiger partial charge in [-0.05, 0) is 45.7 Å². The van der Waals surface area contributed by atoms with E-state index in [4.69, 9.17) is 0 Å². The van der Waals surface area contributed by atoms with E-state index in [1.54, 1.807) is 4.31 Å². The van der Waals surface area contributed by atoms with Gasteiger partial charge in [-0.1, -0.05) is 6.42 Å². The number of nitrogens with one attached hydrogen (secondary N) is 1. The molecule has 2 rings (SSSR count). The maximum atomic E-state index is 13.2. The van der Waals surface area contributed by atoms with E-state index in [2.05, 4.69) is 5.32 Å². The Morgan fingerprint density at radius 3 is 2.57 bits per heavy atom. The van der Waals surface area contributed by atoms with Crippen LogP contribution in [0, 0.1) is 11.6 Å². The Morgan fingerprint density at radius 1 is 1.26 bits per heavy atom. The number of piperidine rings is 1. The van der Waals surface area contributed by atoms with Crippen molar-refractivity contribution in [2.24, 2.45) is 0 Å². The van der Waals surface area contributed by atoms with Crippen molar-refractivity contribution >= 4 is 22.6 Å². The van der Waals surface area contributed by atoms with Gasteiger partial charge in [-0.3, -0.25) is 4.79 Å². The molecule has 1 fully saturated rings. The minimum Gasteiger partial charge on any atom is -0.325 e. The van der Waals surface area contributed by atoms with E-state index in [-0.39, 0.29) is 11.6 Å². The molecule has 0 saturated carbocycles. The van der Waals surface area contributed by atoms with Crippen LogP contribution in [0.25, 0.3) is 0 Å². The molecule has 0 spiro atoms. The number of amides is 1. The van der Waals surface area contributed by atoms with Crippen LogP contribution in [-0.2, 0) is 15.8 Å². The molecule has 1 aromatic carbocycles. The van der Waals surface area contributed by atoms with E-state index in [1.807, 2.05) is 20.8 Å². The molecule has 1 aliphatic rings. The van der Waals surface area contributed by atoms with Crippen LogP contribution in [0.5, 0.6) is 0 Å². The summed E-state index contributed by atoms with van der Waals surface area (Å²) in [5, 5.41) is 2.59. The summed E-state index contributed by atoms with van der Waals surface area (Å²) >= 11 is 0. The molecule has 4 nitrogen and oxygen atoms in total. The number of nitrogens with zero attached hydrogens (tertiary/aromatic N) is 1. The van der Waals surface area contributed by atoms with Crippen molar-refractivity contribution < 1.29 is 17.8 Å². The number of hydrogen-bond donors (Lipinski definition) is 1. The van der Waals surface area contributed by atoms with Gasteiger partial charge in [-0.25, -0.2) is 17.3 Å². The predicted octanol–water partition coefficient (Wildman–Crippen LogP) is 3.22. The fourth-order valence-electron chi connectivity index (χ4n) is 2.52. The summed E-state index contributed by atoms with van der Waals surface area (Å²) in [5.74, 6) is -2.31. The molecular formula is C16H22F2N2O2S. The zero-order valence-corrected chi connectivity index (χ0v) is 14.4. The average molecular weight is 344 g/mol. The van der Waals surface area contributed by atoms with Gasteiger partial charge in [0.05, 0.1) is 4.75 Å². The number of carbonyl (C=O) groups is 1. The molecule has 0 aliphatic carbocycles. The van der Waals surface area contributed by atoms with Gasteiger partial charge >= 0.3 is 0 Å². The molecule has 1 saturated heterocycles. The van der Waals surface area contributed by atoms with Crippen LogP contribution in [0.1, 0.15) is 40.0 Å². The number of carbonyl (C=O) groups excluding carboxylic acids is 1. The lowest BCUT2D eigenvalue weighted by Crippen LogP contribution is -2.51. The first kappa shape index (κ1) is 18.0. The van der Waals surface area contributed by atoms with Gasteiger partial charge in [0.1, 0.15) is 17.0 Å². The second-order valence-corrected chi connectivity index (χ2v) is 8.82. The third kappa shape index (κ3) is 4.35. The molecule has 0 radical (unpaired) electrons. The third-order valence-electron chi connectivity index (χ3n) is 3.68. The summed E-state index contributed by atoms with van der Waals surface area (Å²) < 4.78 is 40.1. The SMILES string of the molecule is CC(C)(C)S(=O)N1CCCC[C@H]1C(=O)Nc1ccc(F)c(F)c1. The molecule has 128 valence electrons. The minimum absolute atomic E-state index is 0.195. The number of benzene rings is 1. The van der Waals surface area contributed by atoms with Crippen LogP contribution in [0.4, 0.5) is 14.5 Å². The summed E-state index contributed by atoms with van der Waals surface area (Å²) in [4.78, 5) is 12.5. The summed E-state index contributed by atoms with van der Waals surface area (Å²) in [7, 11) is -1.30. The summed E-state index contributed by atoms with van der Waals surface area (Å²) in [6, 6.07) is 2.69. The molecule has 1 amide bonds. The van der Waals surface area contributed by atoms with Gasteiger partial charge in [0.2, 0.25) is 5.91 Å². The number of rotatable bonds is 3. The fraction of sp³-hybridized carbons (Fsp3) is 0.562. The van der Waals surface area contributed by atoms with E-state index in [0.29, 0.717) is 13.0 Å². The highest BCUT2D eigenvalue weighted by atomic mass is 32.2. The maximum absolute atomic E-state index is 13.2. The van der Waals surface area contributed by atoms with E-state index in [9.17, 15) is 17.8 Å². The molecule has 1 aromatic rings. The molecule has 23 heavy (non-hydrogen) atoms. The quantitative estimate of drug-likeness (QED) is 0.915. The lowest BCUT2D eigenvalue weighted by Gasteiger charge is -2.37. The first-order valence-electron chi connectivity index (χ1n) is 7.64. The highest BCUT2D eigenvalue weighted by Crippen LogP contribution is 2.26. The highest BCUT2D eigenvalue weighted by molar-refractivity contribution is 7.84. The number of anilines is 1. The van der Waals surface area contributed by atoms with Crippen molar-refractivity contribution in [3.05, 3.63) is 29.8 Å². The maximum Gasteiger partial charge on any atom is 0.242 e. The zero-order chi connectivity index (χ0) is 17.2. The summed E-state index contributed by atoms with van der Waals surface area (Å²) in [5.41, 5.74) is 0.195. The lowest BCUT2D eigenvalue weighted by atomic mass is 10.0. The van der Waals surface area contributed by atoms with Gasteiger partial charge in [-0.15, -0.1) is 0 Å². The predicted molar refractivity (Wildman–Crippen MR) is 87.2 cm³/mol. The van der Waals surface area contributed by atoms with Crippen LogP contribution in [0.2, 0.25) is 0 Å². The first-order chi connectivity index (χ1) is 10.7. The van der Waals surface area contributed by atoms with Gasteiger partial charge < -0.3 is 5.32 Å². The van der Waals surface area contributed by atoms with Crippen molar-refractivity contribution in [3.8, 4) is 0 Å². The smallest absolute Gasteiger partial charge is 0.242 e. The van der Waals surface area contributed by atoms with E-state index in [1.165, 1.54) is 6.07 Å². The Bertz CT molecular complexity index is 617. The van der Waals surface area contributed by atoms with Gasteiger partial charge in [0.25, 0.3) is 0 Å². The Labute approximate surface area is 137 Å². The Morgan fingerprint density at radius 2 is 1.96 bits per heavy atom. The molecule has 1 N–H and O–H groups in total. The van der Waals surface area contributed by atoms with E-state index in [0.717, 1.165) is 25.0 Å². The van der Waals surface area contributed by atoms with Crippen molar-refractivity contribution in [3.63, 3.8) is 0 Å². The normalized spacial score (nSPS) is 21.0. The number of hydrogen-bond acceptors (Lipinski definition) is 2. The molecule has 7 heteroatoms. The fourth-order valence-corrected chi connectivity index (χ4v) is 3.95. The Balaban J connectivity index is 2.15. The molecule has 1 heterocycles. The largest absolute Gasteiger partial charge is 0.325 e. The van der Waals surface area contributed by atoms with Crippen molar-refractivity contribution in [2.75, 3.05) is 11.9 Å². The molecule has 1 unspecified atom stereocenters. The van der Waals surface area contributed by atoms with Gasteiger partial charge in [0, 0.05) is 18.3 Å². The van der Waals surface area contributed by atoms with E-state index < -0.39 is 33.4 Å². The van der Waals surface area contributed by atoms with Crippen molar-refractivity contribution in [2.45, 2.75) is 50.8 Å². The molecule has 0 bridgehead atoms. The van der Waals surface area contributed by atoms with Crippen LogP contribution < -0.4 is 5.32 Å². The Kier molecular flexibility index (Phi) is 5.52. The highest BCUT2D eigenvalue weighted by Gasteiger charge is 2.36. The standard InChI is InChI=1S/C16H22F2N2O2S/c1-16(2,3)23(22)20-9-5-4-6-14(20)15(21)19-11-7-8-12(17)13(18)10-11/h7-8,10,14H,4-6,9H2,1-3H3,(H,19,21)/t14-,23?/m0/s1. The second-order valence-electron chi connectivity index (χ2n) is 6.63. The summed E-state index contributed by atoms with van der Waals surface area (Å²) in [6.07, 6.45) is 2.35. The van der Waals surface area contributed by atoms with Crippen molar-refractivity contribution in [1.29, 1.82) is 0 Å². The first-order valence-corrected chi connectivity index (χ1v) is 8.75. The zero-order valence-electron chi connectivity index (χ0n) is 13.6. The monoisotopic (exact) mass is 344 g/mol. The van der Waals surface area contributed by atoms with Crippen molar-refractivity contribution in [1.82, 2.24) is 4.31 Å². The van der Waals surface area contributed by atoms with Gasteiger partial charge in [0.15, 0.2) is 11.6 Å². The molecule has 2 atom stereocenters. The lowest BCUT2D eigenvalue weighted by molar-refractivity contribution is -0.120. The van der Waals surface area contributed by atoms with E-state index >= 15 is 0 Å². The second kappa shape index (κ2) is 7.05. The molecule has 1 aliphatic heterocycles.